The van der Waals surface area contributed by atoms with Gasteiger partial charge in [-0.15, -0.1) is 0 Å². The molecule has 1 atom stereocenters. The van der Waals surface area contributed by atoms with Crippen LogP contribution in [0.1, 0.15) is 46.9 Å². The molecule has 0 radical (unpaired) electrons. The minimum atomic E-state index is -0.117. The van der Waals surface area contributed by atoms with Crippen LogP contribution in [-0.2, 0) is 5.41 Å². The van der Waals surface area contributed by atoms with Crippen molar-refractivity contribution in [2.45, 2.75) is 30.7 Å². The second kappa shape index (κ2) is 7.44. The van der Waals surface area contributed by atoms with Crippen LogP contribution in [0.4, 0.5) is 11.5 Å². The van der Waals surface area contributed by atoms with Crippen LogP contribution in [0, 0.1) is 0 Å². The van der Waals surface area contributed by atoms with E-state index in [4.69, 9.17) is 5.73 Å². The number of rotatable bonds is 3. The number of nitrogens with two attached hydrogens (primary N) is 1. The van der Waals surface area contributed by atoms with Gasteiger partial charge in [0.25, 0.3) is 5.91 Å². The van der Waals surface area contributed by atoms with Crippen LogP contribution >= 0.6 is 0 Å². The summed E-state index contributed by atoms with van der Waals surface area (Å²) in [6.07, 6.45) is 6.39. The molecule has 1 aliphatic heterocycles. The number of nitrogens with zero attached hydrogens (tertiary/aromatic N) is 3. The van der Waals surface area contributed by atoms with E-state index in [9.17, 15) is 4.79 Å². The SMILES string of the molecule is Nc1ccnc(N2CCC3(CC2)C[C@@H](NC(=O)c2ccccn2)c2ccccc23)c1. The van der Waals surface area contributed by atoms with Crippen LogP contribution < -0.4 is 16.0 Å². The molecule has 6 nitrogen and oxygen atoms in total. The second-order valence-corrected chi connectivity index (χ2v) is 8.25. The molecule has 3 heterocycles. The standard InChI is InChI=1S/C24H25N5O/c25-17-8-12-27-22(15-17)29-13-9-24(10-14-29)16-21(18-5-1-2-6-19(18)24)28-23(30)20-7-3-4-11-26-20/h1-8,11-12,15,21H,9-10,13-14,16H2,(H2,25,27)(H,28,30)/t21-/m1/s1. The second-order valence-electron chi connectivity index (χ2n) is 8.25. The Bertz CT molecular complexity index is 1060. The molecular formula is C24H25N5O. The molecule has 152 valence electrons. The summed E-state index contributed by atoms with van der Waals surface area (Å²) in [4.78, 5) is 23.7. The Hall–Kier alpha value is -3.41. The third kappa shape index (κ3) is 3.28. The van der Waals surface area contributed by atoms with Gasteiger partial charge in [0.15, 0.2) is 0 Å². The highest BCUT2D eigenvalue weighted by atomic mass is 16.1. The van der Waals surface area contributed by atoms with Gasteiger partial charge in [-0.05, 0) is 48.6 Å². The van der Waals surface area contributed by atoms with Gasteiger partial charge in [0.05, 0.1) is 6.04 Å². The number of pyridine rings is 2. The first-order valence-corrected chi connectivity index (χ1v) is 10.4. The number of carbonyl (C=O) groups excluding carboxylic acids is 1. The van der Waals surface area contributed by atoms with Crippen molar-refractivity contribution in [2.24, 2.45) is 0 Å². The molecule has 1 aliphatic carbocycles. The molecule has 3 N–H and O–H groups in total. The number of nitrogen functional groups attached to an aromatic ring is 1. The van der Waals surface area contributed by atoms with Crippen molar-refractivity contribution in [1.29, 1.82) is 0 Å². The molecule has 0 unspecified atom stereocenters. The number of benzene rings is 1. The van der Waals surface area contributed by atoms with Gasteiger partial charge in [-0.3, -0.25) is 9.78 Å². The molecular weight excluding hydrogens is 374 g/mol. The zero-order valence-corrected chi connectivity index (χ0v) is 16.8. The summed E-state index contributed by atoms with van der Waals surface area (Å²) in [6.45, 7) is 1.84. The highest BCUT2D eigenvalue weighted by Gasteiger charge is 2.45. The molecule has 1 saturated heterocycles. The lowest BCUT2D eigenvalue weighted by Crippen LogP contribution is -2.42. The lowest BCUT2D eigenvalue weighted by molar-refractivity contribution is 0.0926. The minimum Gasteiger partial charge on any atom is -0.399 e. The van der Waals surface area contributed by atoms with E-state index in [-0.39, 0.29) is 17.4 Å². The monoisotopic (exact) mass is 399 g/mol. The van der Waals surface area contributed by atoms with Crippen molar-refractivity contribution in [3.63, 3.8) is 0 Å². The number of hydrogen-bond acceptors (Lipinski definition) is 5. The van der Waals surface area contributed by atoms with Crippen molar-refractivity contribution in [3.05, 3.63) is 83.8 Å². The first-order chi connectivity index (χ1) is 14.6. The molecule has 6 heteroatoms. The summed E-state index contributed by atoms with van der Waals surface area (Å²) in [6, 6.07) is 17.7. The highest BCUT2D eigenvalue weighted by molar-refractivity contribution is 5.92. The van der Waals surface area contributed by atoms with Crippen LogP contribution in [0.15, 0.2) is 67.0 Å². The number of hydrogen-bond donors (Lipinski definition) is 2. The maximum Gasteiger partial charge on any atom is 0.270 e. The lowest BCUT2D eigenvalue weighted by Gasteiger charge is -2.41. The van der Waals surface area contributed by atoms with E-state index in [1.165, 1.54) is 11.1 Å². The molecule has 0 bridgehead atoms. The summed E-state index contributed by atoms with van der Waals surface area (Å²) in [7, 11) is 0. The van der Waals surface area contributed by atoms with E-state index in [1.807, 2.05) is 24.3 Å². The van der Waals surface area contributed by atoms with E-state index in [2.05, 4.69) is 44.5 Å². The van der Waals surface area contributed by atoms with E-state index in [0.29, 0.717) is 5.69 Å². The van der Waals surface area contributed by atoms with Crippen LogP contribution in [0.5, 0.6) is 0 Å². The fraction of sp³-hybridized carbons (Fsp3) is 0.292. The first kappa shape index (κ1) is 18.6. The number of nitrogens with one attached hydrogen (secondary N) is 1. The Morgan fingerprint density at radius 3 is 2.60 bits per heavy atom. The molecule has 5 rings (SSSR count). The van der Waals surface area contributed by atoms with Crippen molar-refractivity contribution in [1.82, 2.24) is 15.3 Å². The van der Waals surface area contributed by atoms with Crippen LogP contribution in [0.3, 0.4) is 0 Å². The van der Waals surface area contributed by atoms with Crippen molar-refractivity contribution < 1.29 is 4.79 Å². The van der Waals surface area contributed by atoms with Crippen molar-refractivity contribution in [3.8, 4) is 0 Å². The quantitative estimate of drug-likeness (QED) is 0.705. The van der Waals surface area contributed by atoms with Crippen molar-refractivity contribution in [2.75, 3.05) is 23.7 Å². The Morgan fingerprint density at radius 1 is 1.03 bits per heavy atom. The summed E-state index contributed by atoms with van der Waals surface area (Å²) < 4.78 is 0. The fourth-order valence-corrected chi connectivity index (χ4v) is 5.00. The van der Waals surface area contributed by atoms with Crippen LogP contribution in [0.2, 0.25) is 0 Å². The normalized spacial score (nSPS) is 19.5. The summed E-state index contributed by atoms with van der Waals surface area (Å²) in [5, 5.41) is 3.23. The number of fused-ring (bicyclic) bond motifs is 2. The Kier molecular flexibility index (Phi) is 4.62. The third-order valence-corrected chi connectivity index (χ3v) is 6.52. The fourth-order valence-electron chi connectivity index (χ4n) is 5.00. The van der Waals surface area contributed by atoms with E-state index in [0.717, 1.165) is 43.9 Å². The molecule has 1 fully saturated rings. The predicted molar refractivity (Wildman–Crippen MR) is 117 cm³/mol. The zero-order valence-electron chi connectivity index (χ0n) is 16.8. The van der Waals surface area contributed by atoms with Gasteiger partial charge < -0.3 is 16.0 Å². The summed E-state index contributed by atoms with van der Waals surface area (Å²) >= 11 is 0. The van der Waals surface area contributed by atoms with Gasteiger partial charge in [-0.25, -0.2) is 4.98 Å². The first-order valence-electron chi connectivity index (χ1n) is 10.4. The number of anilines is 2. The van der Waals surface area contributed by atoms with E-state index in [1.54, 1.807) is 18.5 Å². The summed E-state index contributed by atoms with van der Waals surface area (Å²) in [5.41, 5.74) is 9.83. The number of carbonyl (C=O) groups is 1. The largest absolute Gasteiger partial charge is 0.399 e. The molecule has 1 aromatic carbocycles. The smallest absolute Gasteiger partial charge is 0.270 e. The molecule has 2 aliphatic rings. The Balaban J connectivity index is 1.36. The zero-order chi connectivity index (χ0) is 20.6. The topological polar surface area (TPSA) is 84.1 Å². The molecule has 2 aromatic heterocycles. The number of amides is 1. The molecule has 3 aromatic rings. The number of aromatic nitrogens is 2. The van der Waals surface area contributed by atoms with E-state index < -0.39 is 0 Å². The van der Waals surface area contributed by atoms with Crippen LogP contribution in [0.25, 0.3) is 0 Å². The van der Waals surface area contributed by atoms with Gasteiger partial charge in [0.2, 0.25) is 0 Å². The maximum atomic E-state index is 12.7. The molecule has 30 heavy (non-hydrogen) atoms. The van der Waals surface area contributed by atoms with Crippen LogP contribution in [-0.4, -0.2) is 29.0 Å². The molecule has 0 saturated carbocycles. The predicted octanol–water partition coefficient (Wildman–Crippen LogP) is 3.47. The molecule has 1 spiro atoms. The number of piperidine rings is 1. The van der Waals surface area contributed by atoms with E-state index >= 15 is 0 Å². The van der Waals surface area contributed by atoms with Crippen molar-refractivity contribution >= 4 is 17.4 Å². The lowest BCUT2D eigenvalue weighted by atomic mass is 9.73. The third-order valence-electron chi connectivity index (χ3n) is 6.52. The summed E-state index contributed by atoms with van der Waals surface area (Å²) in [5.74, 6) is 0.824. The van der Waals surface area contributed by atoms with Gasteiger partial charge in [-0.1, -0.05) is 30.3 Å². The average molecular weight is 399 g/mol. The average Bonchev–Trinajstić information content (AvgIpc) is 3.08. The van der Waals surface area contributed by atoms with Gasteiger partial charge in [-0.2, -0.15) is 0 Å². The minimum absolute atomic E-state index is 0.00718. The Labute approximate surface area is 176 Å². The Morgan fingerprint density at radius 2 is 1.83 bits per heavy atom. The molecule has 1 amide bonds. The van der Waals surface area contributed by atoms with Gasteiger partial charge in [0.1, 0.15) is 11.5 Å². The maximum absolute atomic E-state index is 12.7. The van der Waals surface area contributed by atoms with Gasteiger partial charge >= 0.3 is 0 Å². The van der Waals surface area contributed by atoms with Gasteiger partial charge in [0, 0.05) is 42.7 Å². The highest BCUT2D eigenvalue weighted by Crippen LogP contribution is 2.51.